The molecule has 0 atom stereocenters. The molecule has 2 aliphatic heterocycles. The van der Waals surface area contributed by atoms with Crippen molar-refractivity contribution in [2.75, 3.05) is 57.3 Å². The molecule has 0 spiro atoms. The summed E-state index contributed by atoms with van der Waals surface area (Å²) in [5, 5.41) is 0. The molecule has 0 aromatic carbocycles. The number of nitrogens with zero attached hydrogens (tertiary/aromatic N) is 5. The molecule has 0 N–H and O–H groups in total. The number of carbonyl (C=O) groups excluding carboxylic acids is 1. The van der Waals surface area contributed by atoms with Gasteiger partial charge in [0.1, 0.15) is 6.61 Å². The van der Waals surface area contributed by atoms with E-state index < -0.39 is 0 Å². The minimum atomic E-state index is 0.161. The Bertz CT molecular complexity index is 626. The second-order valence-electron chi connectivity index (χ2n) is 6.68. The smallest absolute Gasteiger partial charge is 0.225 e. The molecule has 7 heteroatoms. The highest BCUT2D eigenvalue weighted by atomic mass is 16.5. The number of piperazine rings is 1. The van der Waals surface area contributed by atoms with E-state index in [1.54, 1.807) is 19.3 Å². The SMILES string of the molecule is CC(=O)N1CCN(CC#CCOC2CCN(c3ncccn3)CC2)CC1. The van der Waals surface area contributed by atoms with Gasteiger partial charge in [-0.05, 0) is 18.9 Å². The zero-order chi connectivity index (χ0) is 18.2. The molecule has 0 saturated carbocycles. The predicted octanol–water partition coefficient (Wildman–Crippen LogP) is 0.630. The molecule has 2 fully saturated rings. The third-order valence-electron chi connectivity index (χ3n) is 4.91. The van der Waals surface area contributed by atoms with E-state index in [1.165, 1.54) is 0 Å². The average Bonchev–Trinajstić information content (AvgIpc) is 2.69. The standard InChI is InChI=1S/C19H27N5O2/c1-17(25)23-14-12-22(13-15-23)9-2-3-16-26-18-5-10-24(11-6-18)19-20-7-4-8-21-19/h4,7-8,18H,5-6,9-16H2,1H3. The molecule has 140 valence electrons. The number of hydrogen-bond donors (Lipinski definition) is 0. The van der Waals surface area contributed by atoms with Crippen molar-refractivity contribution in [3.05, 3.63) is 18.5 Å². The van der Waals surface area contributed by atoms with Gasteiger partial charge in [0.15, 0.2) is 0 Å². The van der Waals surface area contributed by atoms with Crippen molar-refractivity contribution in [2.24, 2.45) is 0 Å². The van der Waals surface area contributed by atoms with Crippen molar-refractivity contribution >= 4 is 11.9 Å². The predicted molar refractivity (Wildman–Crippen MR) is 99.7 cm³/mol. The van der Waals surface area contributed by atoms with Crippen LogP contribution in [0, 0.1) is 11.8 Å². The van der Waals surface area contributed by atoms with Gasteiger partial charge in [-0.2, -0.15) is 0 Å². The molecule has 2 aliphatic rings. The van der Waals surface area contributed by atoms with E-state index in [-0.39, 0.29) is 12.0 Å². The van der Waals surface area contributed by atoms with Gasteiger partial charge in [0.2, 0.25) is 11.9 Å². The highest BCUT2D eigenvalue weighted by molar-refractivity contribution is 5.73. The Kier molecular flexibility index (Phi) is 6.81. The first kappa shape index (κ1) is 18.6. The number of ether oxygens (including phenoxy) is 1. The van der Waals surface area contributed by atoms with Crippen LogP contribution in [-0.2, 0) is 9.53 Å². The van der Waals surface area contributed by atoms with E-state index in [4.69, 9.17) is 4.74 Å². The van der Waals surface area contributed by atoms with Gasteiger partial charge in [0.05, 0.1) is 12.6 Å². The van der Waals surface area contributed by atoms with Crippen LogP contribution >= 0.6 is 0 Å². The quantitative estimate of drug-likeness (QED) is 0.737. The van der Waals surface area contributed by atoms with E-state index in [1.807, 2.05) is 11.0 Å². The van der Waals surface area contributed by atoms with E-state index in [2.05, 4.69) is 31.6 Å². The average molecular weight is 357 g/mol. The number of amides is 1. The largest absolute Gasteiger partial charge is 0.365 e. The third-order valence-corrected chi connectivity index (χ3v) is 4.91. The topological polar surface area (TPSA) is 61.8 Å². The monoisotopic (exact) mass is 357 g/mol. The highest BCUT2D eigenvalue weighted by Crippen LogP contribution is 2.17. The van der Waals surface area contributed by atoms with Crippen LogP contribution < -0.4 is 4.90 Å². The first-order valence-electron chi connectivity index (χ1n) is 9.29. The minimum absolute atomic E-state index is 0.161. The van der Waals surface area contributed by atoms with Crippen LogP contribution in [0.1, 0.15) is 19.8 Å². The van der Waals surface area contributed by atoms with Gasteiger partial charge in [0.25, 0.3) is 0 Å². The summed E-state index contributed by atoms with van der Waals surface area (Å²) in [5.41, 5.74) is 0. The Morgan fingerprint density at radius 3 is 2.46 bits per heavy atom. The fourth-order valence-electron chi connectivity index (χ4n) is 3.28. The molecule has 3 heterocycles. The van der Waals surface area contributed by atoms with Crippen molar-refractivity contribution < 1.29 is 9.53 Å². The lowest BCUT2D eigenvalue weighted by molar-refractivity contribution is -0.130. The molecule has 1 amide bonds. The van der Waals surface area contributed by atoms with E-state index in [0.29, 0.717) is 6.61 Å². The Balaban J connectivity index is 1.29. The van der Waals surface area contributed by atoms with Crippen molar-refractivity contribution in [1.82, 2.24) is 19.8 Å². The molecule has 7 nitrogen and oxygen atoms in total. The second-order valence-corrected chi connectivity index (χ2v) is 6.68. The Morgan fingerprint density at radius 2 is 1.81 bits per heavy atom. The molecule has 0 bridgehead atoms. The van der Waals surface area contributed by atoms with Gasteiger partial charge >= 0.3 is 0 Å². The number of aromatic nitrogens is 2. The number of carbonyl (C=O) groups is 1. The summed E-state index contributed by atoms with van der Waals surface area (Å²) in [6.07, 6.45) is 5.78. The normalized spacial score (nSPS) is 19.1. The summed E-state index contributed by atoms with van der Waals surface area (Å²) in [7, 11) is 0. The first-order valence-corrected chi connectivity index (χ1v) is 9.29. The van der Waals surface area contributed by atoms with E-state index in [9.17, 15) is 4.79 Å². The molecule has 1 aromatic heterocycles. The second kappa shape index (κ2) is 9.51. The van der Waals surface area contributed by atoms with Gasteiger partial charge in [-0.1, -0.05) is 11.8 Å². The number of anilines is 1. The highest BCUT2D eigenvalue weighted by Gasteiger charge is 2.21. The van der Waals surface area contributed by atoms with Crippen LogP contribution in [0.2, 0.25) is 0 Å². The molecule has 0 radical (unpaired) electrons. The van der Waals surface area contributed by atoms with Gasteiger partial charge in [-0.25, -0.2) is 9.97 Å². The fourth-order valence-corrected chi connectivity index (χ4v) is 3.28. The van der Waals surface area contributed by atoms with Crippen molar-refractivity contribution in [2.45, 2.75) is 25.9 Å². The van der Waals surface area contributed by atoms with Crippen molar-refractivity contribution in [3.63, 3.8) is 0 Å². The molecule has 2 saturated heterocycles. The number of rotatable bonds is 4. The van der Waals surface area contributed by atoms with Crippen molar-refractivity contribution in [3.8, 4) is 11.8 Å². The first-order chi connectivity index (χ1) is 12.7. The van der Waals surface area contributed by atoms with Crippen LogP contribution in [0.15, 0.2) is 18.5 Å². The zero-order valence-corrected chi connectivity index (χ0v) is 15.4. The Hall–Kier alpha value is -2.17. The van der Waals surface area contributed by atoms with Crippen LogP contribution in [0.25, 0.3) is 0 Å². The molecule has 0 aliphatic carbocycles. The van der Waals surface area contributed by atoms with Crippen LogP contribution in [0.5, 0.6) is 0 Å². The summed E-state index contributed by atoms with van der Waals surface area (Å²) >= 11 is 0. The van der Waals surface area contributed by atoms with Gasteiger partial charge in [0, 0.05) is 58.6 Å². The van der Waals surface area contributed by atoms with Crippen LogP contribution in [-0.4, -0.2) is 84.2 Å². The summed E-state index contributed by atoms with van der Waals surface area (Å²) < 4.78 is 5.89. The number of piperidine rings is 1. The fraction of sp³-hybridized carbons (Fsp3) is 0.632. The van der Waals surface area contributed by atoms with Gasteiger partial charge < -0.3 is 14.5 Å². The molecule has 26 heavy (non-hydrogen) atoms. The lowest BCUT2D eigenvalue weighted by atomic mass is 10.1. The van der Waals surface area contributed by atoms with E-state index >= 15 is 0 Å². The maximum Gasteiger partial charge on any atom is 0.225 e. The maximum atomic E-state index is 11.3. The molecule has 1 aromatic rings. The van der Waals surface area contributed by atoms with Gasteiger partial charge in [-0.15, -0.1) is 0 Å². The summed E-state index contributed by atoms with van der Waals surface area (Å²) in [6.45, 7) is 8.10. The summed E-state index contributed by atoms with van der Waals surface area (Å²) in [5.74, 6) is 7.28. The Morgan fingerprint density at radius 1 is 1.12 bits per heavy atom. The third kappa shape index (κ3) is 5.41. The van der Waals surface area contributed by atoms with Crippen LogP contribution in [0.4, 0.5) is 5.95 Å². The summed E-state index contributed by atoms with van der Waals surface area (Å²) in [6, 6.07) is 1.83. The van der Waals surface area contributed by atoms with Gasteiger partial charge in [-0.3, -0.25) is 9.69 Å². The minimum Gasteiger partial charge on any atom is -0.365 e. The zero-order valence-electron chi connectivity index (χ0n) is 15.4. The lowest BCUT2D eigenvalue weighted by Gasteiger charge is -2.33. The molecule has 3 rings (SSSR count). The lowest BCUT2D eigenvalue weighted by Crippen LogP contribution is -2.47. The molecular weight excluding hydrogens is 330 g/mol. The van der Waals surface area contributed by atoms with E-state index in [0.717, 1.165) is 64.6 Å². The maximum absolute atomic E-state index is 11.3. The molecular formula is C19H27N5O2. The van der Waals surface area contributed by atoms with Crippen molar-refractivity contribution in [1.29, 1.82) is 0 Å². The Labute approximate surface area is 155 Å². The van der Waals surface area contributed by atoms with Crippen LogP contribution in [0.3, 0.4) is 0 Å². The summed E-state index contributed by atoms with van der Waals surface area (Å²) in [4.78, 5) is 26.3. The molecule has 0 unspecified atom stereocenters. The number of hydrogen-bond acceptors (Lipinski definition) is 6.